The van der Waals surface area contributed by atoms with Gasteiger partial charge >= 0.3 is 5.97 Å². The van der Waals surface area contributed by atoms with Gasteiger partial charge in [0.05, 0.1) is 12.7 Å². The van der Waals surface area contributed by atoms with Gasteiger partial charge < -0.3 is 20.4 Å². The number of thiocarbonyl (C=S) groups is 1. The molecule has 0 unspecified atom stereocenters. The van der Waals surface area contributed by atoms with Crippen LogP contribution < -0.4 is 16.5 Å². The average molecular weight is 329 g/mol. The lowest BCUT2D eigenvalue weighted by Crippen LogP contribution is -2.37. The minimum atomic E-state index is -0.396. The summed E-state index contributed by atoms with van der Waals surface area (Å²) in [4.78, 5) is 26.9. The SMILES string of the molecule is Cc1ncc(N)n1CCOC(=O)CCCC(=O)NC(=S)NO. The van der Waals surface area contributed by atoms with E-state index in [0.29, 0.717) is 18.8 Å². The maximum absolute atomic E-state index is 11.5. The quantitative estimate of drug-likeness (QED) is 0.309. The lowest BCUT2D eigenvalue weighted by atomic mass is 10.2. The van der Waals surface area contributed by atoms with E-state index in [1.807, 2.05) is 6.92 Å². The number of nitrogens with one attached hydrogen (secondary N) is 2. The van der Waals surface area contributed by atoms with Gasteiger partial charge in [0.25, 0.3) is 0 Å². The number of aryl methyl sites for hydroxylation is 1. The molecule has 0 fully saturated rings. The first-order chi connectivity index (χ1) is 10.4. The van der Waals surface area contributed by atoms with E-state index in [1.54, 1.807) is 16.2 Å². The van der Waals surface area contributed by atoms with Crippen molar-refractivity contribution in [2.75, 3.05) is 12.3 Å². The number of nitrogens with zero attached hydrogens (tertiary/aromatic N) is 2. The third-order valence-corrected chi connectivity index (χ3v) is 3.00. The van der Waals surface area contributed by atoms with Crippen LogP contribution in [0.15, 0.2) is 6.20 Å². The maximum Gasteiger partial charge on any atom is 0.305 e. The number of carbonyl (C=O) groups excluding carboxylic acids is 2. The molecule has 1 aromatic rings. The van der Waals surface area contributed by atoms with Crippen molar-refractivity contribution in [3.63, 3.8) is 0 Å². The second-order valence-electron chi connectivity index (χ2n) is 4.45. The summed E-state index contributed by atoms with van der Waals surface area (Å²) >= 11 is 4.55. The van der Waals surface area contributed by atoms with Gasteiger partial charge in [-0.2, -0.15) is 0 Å². The Kier molecular flexibility index (Phi) is 7.26. The summed E-state index contributed by atoms with van der Waals surface area (Å²) in [6.45, 7) is 2.42. The maximum atomic E-state index is 11.5. The highest BCUT2D eigenvalue weighted by Gasteiger charge is 2.08. The third-order valence-electron chi connectivity index (χ3n) is 2.80. The number of hydrogen-bond donors (Lipinski definition) is 4. The van der Waals surface area contributed by atoms with Crippen molar-refractivity contribution in [1.29, 1.82) is 0 Å². The zero-order chi connectivity index (χ0) is 16.5. The van der Waals surface area contributed by atoms with E-state index in [9.17, 15) is 9.59 Å². The van der Waals surface area contributed by atoms with Crippen molar-refractivity contribution in [3.05, 3.63) is 12.0 Å². The third kappa shape index (κ3) is 6.06. The van der Waals surface area contributed by atoms with E-state index in [0.717, 1.165) is 5.82 Å². The number of rotatable bonds is 7. The van der Waals surface area contributed by atoms with Gasteiger partial charge in [-0.1, -0.05) is 0 Å². The molecule has 0 saturated carbocycles. The average Bonchev–Trinajstić information content (AvgIpc) is 2.78. The number of amides is 1. The second kappa shape index (κ2) is 8.95. The summed E-state index contributed by atoms with van der Waals surface area (Å²) in [6.07, 6.45) is 2.09. The fraction of sp³-hybridized carbons (Fsp3) is 0.500. The molecule has 0 saturated heterocycles. The summed E-state index contributed by atoms with van der Waals surface area (Å²) < 4.78 is 6.80. The van der Waals surface area contributed by atoms with E-state index in [-0.39, 0.29) is 30.5 Å². The number of ether oxygens (including phenoxy) is 1. The number of hydrogen-bond acceptors (Lipinski definition) is 7. The Hall–Kier alpha value is -2.20. The van der Waals surface area contributed by atoms with E-state index in [4.69, 9.17) is 15.7 Å². The number of nitrogen functional groups attached to an aromatic ring is 1. The van der Waals surface area contributed by atoms with Gasteiger partial charge in [-0.3, -0.25) is 14.8 Å². The van der Waals surface area contributed by atoms with Crippen LogP contribution in [0.2, 0.25) is 0 Å². The summed E-state index contributed by atoms with van der Waals surface area (Å²) in [5.74, 6) is 0.477. The van der Waals surface area contributed by atoms with Gasteiger partial charge in [-0.15, -0.1) is 0 Å². The van der Waals surface area contributed by atoms with E-state index < -0.39 is 5.97 Å². The highest BCUT2D eigenvalue weighted by atomic mass is 32.1. The van der Waals surface area contributed by atoms with Gasteiger partial charge in [-0.25, -0.2) is 10.5 Å². The molecule has 1 aromatic heterocycles. The van der Waals surface area contributed by atoms with Crippen LogP contribution in [0, 0.1) is 6.92 Å². The lowest BCUT2D eigenvalue weighted by Gasteiger charge is -2.08. The molecule has 0 spiro atoms. The van der Waals surface area contributed by atoms with Crippen molar-refractivity contribution in [1.82, 2.24) is 20.3 Å². The smallest absolute Gasteiger partial charge is 0.305 e. The number of nitrogens with two attached hydrogens (primary N) is 1. The number of esters is 1. The molecular weight excluding hydrogens is 310 g/mol. The molecular formula is C12H19N5O4S. The Morgan fingerprint density at radius 3 is 2.82 bits per heavy atom. The summed E-state index contributed by atoms with van der Waals surface area (Å²) in [5, 5.41) is 10.5. The van der Waals surface area contributed by atoms with Gasteiger partial charge in [0.15, 0.2) is 5.11 Å². The van der Waals surface area contributed by atoms with Crippen LogP contribution in [0.1, 0.15) is 25.1 Å². The predicted octanol–water partition coefficient (Wildman–Crippen LogP) is -0.133. The Labute approximate surface area is 132 Å². The van der Waals surface area contributed by atoms with Crippen LogP contribution in [0.4, 0.5) is 5.82 Å². The van der Waals surface area contributed by atoms with Crippen LogP contribution in [0.25, 0.3) is 0 Å². The largest absolute Gasteiger partial charge is 0.464 e. The topological polar surface area (TPSA) is 131 Å². The number of carbonyl (C=O) groups is 2. The molecule has 0 aliphatic carbocycles. The molecule has 0 aliphatic rings. The molecule has 0 radical (unpaired) electrons. The Morgan fingerprint density at radius 1 is 1.50 bits per heavy atom. The second-order valence-corrected chi connectivity index (χ2v) is 4.85. The van der Waals surface area contributed by atoms with E-state index in [2.05, 4.69) is 22.5 Å². The molecule has 0 atom stereocenters. The molecule has 22 heavy (non-hydrogen) atoms. The van der Waals surface area contributed by atoms with Crippen LogP contribution >= 0.6 is 12.2 Å². The van der Waals surface area contributed by atoms with Crippen molar-refractivity contribution in [2.24, 2.45) is 0 Å². The molecule has 0 bridgehead atoms. The zero-order valence-electron chi connectivity index (χ0n) is 12.2. The van der Waals surface area contributed by atoms with Crippen LogP contribution in [0.5, 0.6) is 0 Å². The fourth-order valence-electron chi connectivity index (χ4n) is 1.71. The molecule has 1 heterocycles. The Morgan fingerprint density at radius 2 is 2.23 bits per heavy atom. The highest BCUT2D eigenvalue weighted by Crippen LogP contribution is 2.06. The summed E-state index contributed by atoms with van der Waals surface area (Å²) in [5.41, 5.74) is 7.34. The predicted molar refractivity (Wildman–Crippen MR) is 81.8 cm³/mol. The first-order valence-corrected chi connectivity index (χ1v) is 7.02. The first kappa shape index (κ1) is 17.9. The Balaban J connectivity index is 2.16. The van der Waals surface area contributed by atoms with Crippen molar-refractivity contribution >= 4 is 35.0 Å². The Bertz CT molecular complexity index is 526. The van der Waals surface area contributed by atoms with Crippen LogP contribution in [-0.2, 0) is 20.9 Å². The summed E-state index contributed by atoms with van der Waals surface area (Å²) in [6, 6.07) is 0. The standard InChI is InChI=1S/C12H19N5O4S/c1-8-14-7-9(13)17(8)5-6-21-11(19)4-2-3-10(18)15-12(22)16-20/h7,20H,2-6,13H2,1H3,(H2,15,16,18,22). The lowest BCUT2D eigenvalue weighted by molar-refractivity contribution is -0.144. The molecule has 5 N–H and O–H groups in total. The molecule has 0 aromatic carbocycles. The van der Waals surface area contributed by atoms with Gasteiger partial charge in [-0.05, 0) is 25.6 Å². The first-order valence-electron chi connectivity index (χ1n) is 6.61. The molecule has 0 aliphatic heterocycles. The van der Waals surface area contributed by atoms with E-state index >= 15 is 0 Å². The van der Waals surface area contributed by atoms with Crippen molar-refractivity contribution in [3.8, 4) is 0 Å². The molecule has 9 nitrogen and oxygen atoms in total. The molecule has 122 valence electrons. The highest BCUT2D eigenvalue weighted by molar-refractivity contribution is 7.80. The minimum Gasteiger partial charge on any atom is -0.464 e. The van der Waals surface area contributed by atoms with Crippen LogP contribution in [0.3, 0.4) is 0 Å². The van der Waals surface area contributed by atoms with Gasteiger partial charge in [0.2, 0.25) is 5.91 Å². The fourth-order valence-corrected chi connectivity index (χ4v) is 1.82. The van der Waals surface area contributed by atoms with Crippen molar-refractivity contribution in [2.45, 2.75) is 32.7 Å². The van der Waals surface area contributed by atoms with E-state index in [1.165, 1.54) is 0 Å². The summed E-state index contributed by atoms with van der Waals surface area (Å²) in [7, 11) is 0. The minimum absolute atomic E-state index is 0.102. The van der Waals surface area contributed by atoms with Crippen LogP contribution in [-0.4, -0.2) is 38.4 Å². The number of hydroxylamine groups is 1. The monoisotopic (exact) mass is 329 g/mol. The number of imidazole rings is 1. The zero-order valence-corrected chi connectivity index (χ0v) is 13.0. The molecule has 10 heteroatoms. The normalized spacial score (nSPS) is 10.1. The molecule has 1 rings (SSSR count). The van der Waals surface area contributed by atoms with Crippen molar-refractivity contribution < 1.29 is 19.5 Å². The number of anilines is 1. The van der Waals surface area contributed by atoms with Gasteiger partial charge in [0.1, 0.15) is 18.2 Å². The number of aromatic nitrogens is 2. The van der Waals surface area contributed by atoms with Gasteiger partial charge in [0, 0.05) is 12.8 Å². The molecule has 1 amide bonds.